The Labute approximate surface area is 122 Å². The Bertz CT molecular complexity index is 597. The molecule has 0 saturated carbocycles. The van der Waals surface area contributed by atoms with Crippen molar-refractivity contribution in [3.05, 3.63) is 59.2 Å². The molecule has 0 radical (unpaired) electrons. The largest absolute Gasteiger partial charge is 0.493 e. The van der Waals surface area contributed by atoms with Gasteiger partial charge in [-0.15, -0.1) is 0 Å². The van der Waals surface area contributed by atoms with E-state index >= 15 is 0 Å². The van der Waals surface area contributed by atoms with Crippen molar-refractivity contribution in [2.24, 2.45) is 5.73 Å². The highest BCUT2D eigenvalue weighted by Crippen LogP contribution is 2.29. The van der Waals surface area contributed by atoms with Gasteiger partial charge in [0.05, 0.1) is 7.11 Å². The number of rotatable bonds is 6. The molecular weight excluding hydrogens is 276 g/mol. The van der Waals surface area contributed by atoms with E-state index in [0.29, 0.717) is 23.6 Å². The van der Waals surface area contributed by atoms with E-state index in [9.17, 15) is 8.78 Å². The summed E-state index contributed by atoms with van der Waals surface area (Å²) in [6.45, 7) is 0.604. The lowest BCUT2D eigenvalue weighted by Gasteiger charge is -2.12. The summed E-state index contributed by atoms with van der Waals surface area (Å²) < 4.78 is 37.0. The number of halogens is 2. The van der Waals surface area contributed by atoms with Gasteiger partial charge in [0.2, 0.25) is 0 Å². The first kappa shape index (κ1) is 15.3. The fourth-order valence-electron chi connectivity index (χ4n) is 2.01. The number of hydrogen-bond acceptors (Lipinski definition) is 3. The quantitative estimate of drug-likeness (QED) is 0.890. The Balaban J connectivity index is 2.12. The lowest BCUT2D eigenvalue weighted by Crippen LogP contribution is -2.04. The van der Waals surface area contributed by atoms with Gasteiger partial charge in [0.1, 0.15) is 18.2 Å². The fourth-order valence-corrected chi connectivity index (χ4v) is 2.01. The molecule has 0 aliphatic carbocycles. The van der Waals surface area contributed by atoms with Gasteiger partial charge in [0, 0.05) is 6.07 Å². The van der Waals surface area contributed by atoms with Crippen LogP contribution in [0.5, 0.6) is 11.5 Å². The first-order valence-electron chi connectivity index (χ1n) is 6.57. The van der Waals surface area contributed by atoms with Crippen LogP contribution in [0.25, 0.3) is 0 Å². The molecule has 2 N–H and O–H groups in total. The van der Waals surface area contributed by atoms with Gasteiger partial charge in [-0.3, -0.25) is 0 Å². The Morgan fingerprint density at radius 2 is 1.67 bits per heavy atom. The highest BCUT2D eigenvalue weighted by molar-refractivity contribution is 5.43. The van der Waals surface area contributed by atoms with Crippen molar-refractivity contribution < 1.29 is 18.3 Å². The maximum Gasteiger partial charge on any atom is 0.161 e. The molecule has 2 aromatic carbocycles. The van der Waals surface area contributed by atoms with E-state index in [1.54, 1.807) is 6.07 Å². The SMILES string of the molecule is COc1cc(CCN)ccc1OCc1cc(F)cc(F)c1. The lowest BCUT2D eigenvalue weighted by molar-refractivity contribution is 0.283. The van der Waals surface area contributed by atoms with Crippen molar-refractivity contribution in [1.29, 1.82) is 0 Å². The normalized spacial score (nSPS) is 10.5. The standard InChI is InChI=1S/C16H17F2NO2/c1-20-16-8-11(4-5-19)2-3-15(16)21-10-12-6-13(17)9-14(18)7-12/h2-3,6-9H,4-5,10,19H2,1H3. The minimum absolute atomic E-state index is 0.0568. The van der Waals surface area contributed by atoms with Crippen LogP contribution in [0.3, 0.4) is 0 Å². The summed E-state index contributed by atoms with van der Waals surface area (Å²) in [5.74, 6) is -0.168. The molecule has 0 heterocycles. The molecule has 3 nitrogen and oxygen atoms in total. The predicted molar refractivity (Wildman–Crippen MR) is 76.4 cm³/mol. The van der Waals surface area contributed by atoms with Gasteiger partial charge in [-0.2, -0.15) is 0 Å². The molecule has 2 rings (SSSR count). The van der Waals surface area contributed by atoms with Gasteiger partial charge < -0.3 is 15.2 Å². The summed E-state index contributed by atoms with van der Waals surface area (Å²) >= 11 is 0. The minimum Gasteiger partial charge on any atom is -0.493 e. The second-order valence-electron chi connectivity index (χ2n) is 4.59. The van der Waals surface area contributed by atoms with E-state index < -0.39 is 11.6 Å². The van der Waals surface area contributed by atoms with Gasteiger partial charge in [-0.1, -0.05) is 6.07 Å². The number of benzene rings is 2. The van der Waals surface area contributed by atoms with Crippen LogP contribution in [0, 0.1) is 11.6 Å². The number of ether oxygens (including phenoxy) is 2. The van der Waals surface area contributed by atoms with Crippen molar-refractivity contribution in [2.45, 2.75) is 13.0 Å². The summed E-state index contributed by atoms with van der Waals surface area (Å²) in [6, 6.07) is 8.78. The molecule has 2 aromatic rings. The zero-order valence-electron chi connectivity index (χ0n) is 11.7. The molecule has 0 saturated heterocycles. The molecule has 0 aliphatic heterocycles. The van der Waals surface area contributed by atoms with E-state index in [4.69, 9.17) is 15.2 Å². The molecule has 0 aliphatic rings. The number of hydrogen-bond donors (Lipinski definition) is 1. The second kappa shape index (κ2) is 7.04. The molecule has 21 heavy (non-hydrogen) atoms. The molecule has 0 bridgehead atoms. The number of methoxy groups -OCH3 is 1. The Hall–Kier alpha value is -2.14. The van der Waals surface area contributed by atoms with E-state index in [0.717, 1.165) is 18.1 Å². The van der Waals surface area contributed by atoms with Crippen LogP contribution in [0.1, 0.15) is 11.1 Å². The molecule has 5 heteroatoms. The van der Waals surface area contributed by atoms with E-state index in [-0.39, 0.29) is 6.61 Å². The Morgan fingerprint density at radius 3 is 2.29 bits per heavy atom. The number of nitrogens with two attached hydrogens (primary N) is 1. The van der Waals surface area contributed by atoms with Gasteiger partial charge in [0.15, 0.2) is 11.5 Å². The third-order valence-corrected chi connectivity index (χ3v) is 2.98. The van der Waals surface area contributed by atoms with Crippen molar-refractivity contribution in [3.8, 4) is 11.5 Å². The van der Waals surface area contributed by atoms with Gasteiger partial charge in [0.25, 0.3) is 0 Å². The van der Waals surface area contributed by atoms with Crippen molar-refractivity contribution >= 4 is 0 Å². The van der Waals surface area contributed by atoms with E-state index in [2.05, 4.69) is 0 Å². The molecule has 0 unspecified atom stereocenters. The van der Waals surface area contributed by atoms with Crippen LogP contribution in [0.15, 0.2) is 36.4 Å². The predicted octanol–water partition coefficient (Wildman–Crippen LogP) is 3.05. The molecule has 0 aromatic heterocycles. The first-order chi connectivity index (χ1) is 10.1. The van der Waals surface area contributed by atoms with Crippen LogP contribution < -0.4 is 15.2 Å². The van der Waals surface area contributed by atoms with Crippen molar-refractivity contribution in [2.75, 3.05) is 13.7 Å². The van der Waals surface area contributed by atoms with E-state index in [1.165, 1.54) is 19.2 Å². The summed E-state index contributed by atoms with van der Waals surface area (Å²) in [5, 5.41) is 0. The topological polar surface area (TPSA) is 44.5 Å². The third kappa shape index (κ3) is 4.16. The molecule has 112 valence electrons. The average molecular weight is 293 g/mol. The Morgan fingerprint density at radius 1 is 0.952 bits per heavy atom. The van der Waals surface area contributed by atoms with Crippen LogP contribution in [0.2, 0.25) is 0 Å². The molecule has 0 spiro atoms. The summed E-state index contributed by atoms with van der Waals surface area (Å²) in [4.78, 5) is 0. The van der Waals surface area contributed by atoms with Crippen molar-refractivity contribution in [3.63, 3.8) is 0 Å². The fraction of sp³-hybridized carbons (Fsp3) is 0.250. The maximum atomic E-state index is 13.1. The zero-order valence-corrected chi connectivity index (χ0v) is 11.7. The summed E-state index contributed by atoms with van der Waals surface area (Å²) in [5.41, 5.74) is 6.97. The highest BCUT2D eigenvalue weighted by atomic mass is 19.1. The molecular formula is C16H17F2NO2. The molecule has 0 amide bonds. The lowest BCUT2D eigenvalue weighted by atomic mass is 10.1. The third-order valence-electron chi connectivity index (χ3n) is 2.98. The zero-order chi connectivity index (χ0) is 15.2. The average Bonchev–Trinajstić information content (AvgIpc) is 2.45. The van der Waals surface area contributed by atoms with E-state index in [1.807, 2.05) is 12.1 Å². The second-order valence-corrected chi connectivity index (χ2v) is 4.59. The Kier molecular flexibility index (Phi) is 5.11. The van der Waals surface area contributed by atoms with Crippen LogP contribution in [-0.2, 0) is 13.0 Å². The van der Waals surface area contributed by atoms with Crippen molar-refractivity contribution in [1.82, 2.24) is 0 Å². The van der Waals surface area contributed by atoms with Crippen LogP contribution in [0.4, 0.5) is 8.78 Å². The monoisotopic (exact) mass is 293 g/mol. The summed E-state index contributed by atoms with van der Waals surface area (Å²) in [7, 11) is 1.54. The summed E-state index contributed by atoms with van der Waals surface area (Å²) in [6.07, 6.45) is 0.742. The smallest absolute Gasteiger partial charge is 0.161 e. The van der Waals surface area contributed by atoms with Crippen LogP contribution >= 0.6 is 0 Å². The highest BCUT2D eigenvalue weighted by Gasteiger charge is 2.07. The first-order valence-corrected chi connectivity index (χ1v) is 6.57. The molecule has 0 fully saturated rings. The molecule has 0 atom stereocenters. The maximum absolute atomic E-state index is 13.1. The van der Waals surface area contributed by atoms with Gasteiger partial charge in [-0.25, -0.2) is 8.78 Å². The van der Waals surface area contributed by atoms with Gasteiger partial charge in [-0.05, 0) is 48.4 Å². The van der Waals surface area contributed by atoms with Crippen LogP contribution in [-0.4, -0.2) is 13.7 Å². The minimum atomic E-state index is -0.626. The van der Waals surface area contributed by atoms with Gasteiger partial charge >= 0.3 is 0 Å².